The number of aromatic nitrogens is 3. The molecule has 2 rings (SSSR count). The number of rotatable bonds is 6. The SMILES string of the molecule is CCCCC(C(=O)c1ccccc1)n1ncnc1Br. The second-order valence-corrected chi connectivity index (χ2v) is 5.07. The van der Waals surface area contributed by atoms with E-state index in [1.807, 2.05) is 30.3 Å². The molecule has 1 unspecified atom stereocenters. The molecule has 1 atom stereocenters. The van der Waals surface area contributed by atoms with Gasteiger partial charge in [0.25, 0.3) is 0 Å². The van der Waals surface area contributed by atoms with Crippen LogP contribution in [0.4, 0.5) is 0 Å². The summed E-state index contributed by atoms with van der Waals surface area (Å²) >= 11 is 3.34. The Kier molecular flexibility index (Phi) is 4.85. The van der Waals surface area contributed by atoms with Crippen molar-refractivity contribution in [3.05, 3.63) is 47.0 Å². The second kappa shape index (κ2) is 6.61. The van der Waals surface area contributed by atoms with Gasteiger partial charge in [-0.1, -0.05) is 50.1 Å². The van der Waals surface area contributed by atoms with Gasteiger partial charge in [0, 0.05) is 5.56 Å². The van der Waals surface area contributed by atoms with E-state index in [0.717, 1.165) is 19.3 Å². The largest absolute Gasteiger partial charge is 0.292 e. The van der Waals surface area contributed by atoms with E-state index in [2.05, 4.69) is 32.9 Å². The molecule has 1 heterocycles. The Morgan fingerprint density at radius 1 is 1.37 bits per heavy atom. The van der Waals surface area contributed by atoms with Gasteiger partial charge in [-0.25, -0.2) is 9.67 Å². The van der Waals surface area contributed by atoms with E-state index in [-0.39, 0.29) is 11.8 Å². The molecular weight excluding hydrogens is 306 g/mol. The van der Waals surface area contributed by atoms with Crippen molar-refractivity contribution < 1.29 is 4.79 Å². The number of benzene rings is 1. The number of halogens is 1. The normalized spacial score (nSPS) is 12.3. The molecule has 0 saturated heterocycles. The summed E-state index contributed by atoms with van der Waals surface area (Å²) in [4.78, 5) is 16.6. The topological polar surface area (TPSA) is 47.8 Å². The highest BCUT2D eigenvalue weighted by Gasteiger charge is 2.23. The monoisotopic (exact) mass is 321 g/mol. The molecule has 100 valence electrons. The molecule has 1 aromatic carbocycles. The number of nitrogens with zero attached hydrogens (tertiary/aromatic N) is 3. The van der Waals surface area contributed by atoms with Crippen LogP contribution in [0.3, 0.4) is 0 Å². The summed E-state index contributed by atoms with van der Waals surface area (Å²) in [5.74, 6) is 0.0836. The van der Waals surface area contributed by atoms with Crippen LogP contribution in [0.15, 0.2) is 41.4 Å². The van der Waals surface area contributed by atoms with Crippen LogP contribution in [-0.2, 0) is 0 Å². The third kappa shape index (κ3) is 3.29. The van der Waals surface area contributed by atoms with Crippen molar-refractivity contribution in [2.45, 2.75) is 32.2 Å². The smallest absolute Gasteiger partial charge is 0.195 e. The van der Waals surface area contributed by atoms with E-state index in [0.29, 0.717) is 10.3 Å². The minimum atomic E-state index is -0.292. The molecule has 0 aliphatic heterocycles. The van der Waals surface area contributed by atoms with Gasteiger partial charge in [0.05, 0.1) is 0 Å². The van der Waals surface area contributed by atoms with Crippen LogP contribution >= 0.6 is 15.9 Å². The Hall–Kier alpha value is -1.49. The highest BCUT2D eigenvalue weighted by Crippen LogP contribution is 2.23. The van der Waals surface area contributed by atoms with Gasteiger partial charge >= 0.3 is 0 Å². The maximum absolute atomic E-state index is 12.6. The van der Waals surface area contributed by atoms with Crippen molar-refractivity contribution in [1.82, 2.24) is 14.8 Å². The van der Waals surface area contributed by atoms with Gasteiger partial charge in [0.2, 0.25) is 0 Å². The molecule has 0 bridgehead atoms. The predicted molar refractivity (Wildman–Crippen MR) is 77.1 cm³/mol. The van der Waals surface area contributed by atoms with Gasteiger partial charge in [-0.05, 0) is 22.4 Å². The van der Waals surface area contributed by atoms with Gasteiger partial charge in [0.1, 0.15) is 12.4 Å². The van der Waals surface area contributed by atoms with Crippen LogP contribution in [0.1, 0.15) is 42.6 Å². The summed E-state index contributed by atoms with van der Waals surface area (Å²) in [6.45, 7) is 2.11. The highest BCUT2D eigenvalue weighted by molar-refractivity contribution is 9.10. The molecule has 0 aliphatic rings. The van der Waals surface area contributed by atoms with Crippen LogP contribution in [-0.4, -0.2) is 20.5 Å². The summed E-state index contributed by atoms with van der Waals surface area (Å²) in [7, 11) is 0. The molecule has 0 radical (unpaired) electrons. The Balaban J connectivity index is 2.28. The lowest BCUT2D eigenvalue weighted by Gasteiger charge is -2.16. The quantitative estimate of drug-likeness (QED) is 0.763. The molecule has 0 fully saturated rings. The molecular formula is C14H16BrN3O. The third-order valence-electron chi connectivity index (χ3n) is 3.02. The maximum atomic E-state index is 12.6. The van der Waals surface area contributed by atoms with Crippen LogP contribution in [0, 0.1) is 0 Å². The molecule has 1 aromatic heterocycles. The Morgan fingerprint density at radius 3 is 2.68 bits per heavy atom. The summed E-state index contributed by atoms with van der Waals surface area (Å²) in [6, 6.07) is 9.04. The molecule has 19 heavy (non-hydrogen) atoms. The number of unbranched alkanes of at least 4 members (excludes halogenated alkanes) is 1. The van der Waals surface area contributed by atoms with Crippen molar-refractivity contribution >= 4 is 21.7 Å². The summed E-state index contributed by atoms with van der Waals surface area (Å²) in [5.41, 5.74) is 0.714. The first-order chi connectivity index (χ1) is 9.24. The first-order valence-electron chi connectivity index (χ1n) is 6.38. The minimum Gasteiger partial charge on any atom is -0.292 e. The van der Waals surface area contributed by atoms with E-state index >= 15 is 0 Å². The van der Waals surface area contributed by atoms with Crippen molar-refractivity contribution in [3.63, 3.8) is 0 Å². The molecule has 0 spiro atoms. The van der Waals surface area contributed by atoms with E-state index < -0.39 is 0 Å². The molecule has 4 nitrogen and oxygen atoms in total. The molecule has 0 amide bonds. The van der Waals surface area contributed by atoms with Gasteiger partial charge in [-0.3, -0.25) is 4.79 Å². The molecule has 0 saturated carbocycles. The lowest BCUT2D eigenvalue weighted by molar-refractivity contribution is 0.0907. The number of ketones is 1. The summed E-state index contributed by atoms with van der Waals surface area (Å²) in [6.07, 6.45) is 4.26. The van der Waals surface area contributed by atoms with Gasteiger partial charge in [-0.15, -0.1) is 0 Å². The average Bonchev–Trinajstić information content (AvgIpc) is 2.86. The first-order valence-corrected chi connectivity index (χ1v) is 7.17. The molecule has 5 heteroatoms. The first kappa shape index (κ1) is 13.9. The zero-order valence-corrected chi connectivity index (χ0v) is 12.4. The summed E-state index contributed by atoms with van der Waals surface area (Å²) < 4.78 is 2.25. The number of carbonyl (C=O) groups is 1. The fourth-order valence-corrected chi connectivity index (χ4v) is 2.43. The minimum absolute atomic E-state index is 0.0836. The Labute approximate surface area is 121 Å². The standard InChI is InChI=1S/C14H16BrN3O/c1-2-3-9-12(18-14(15)16-10-17-18)13(19)11-7-5-4-6-8-11/h4-8,10,12H,2-3,9H2,1H3. The molecule has 2 aromatic rings. The van der Waals surface area contributed by atoms with Crippen molar-refractivity contribution in [2.24, 2.45) is 0 Å². The van der Waals surface area contributed by atoms with Gasteiger partial charge in [-0.2, -0.15) is 5.10 Å². The molecule has 0 N–H and O–H groups in total. The van der Waals surface area contributed by atoms with Crippen molar-refractivity contribution in [3.8, 4) is 0 Å². The zero-order chi connectivity index (χ0) is 13.7. The van der Waals surface area contributed by atoms with E-state index in [9.17, 15) is 4.79 Å². The van der Waals surface area contributed by atoms with E-state index in [1.54, 1.807) is 4.68 Å². The van der Waals surface area contributed by atoms with E-state index in [4.69, 9.17) is 0 Å². The van der Waals surface area contributed by atoms with Crippen molar-refractivity contribution in [2.75, 3.05) is 0 Å². The Bertz CT molecular complexity index is 539. The molecule has 0 aliphatic carbocycles. The highest BCUT2D eigenvalue weighted by atomic mass is 79.9. The fourth-order valence-electron chi connectivity index (χ4n) is 2.00. The van der Waals surface area contributed by atoms with Crippen molar-refractivity contribution in [1.29, 1.82) is 0 Å². The number of hydrogen-bond donors (Lipinski definition) is 0. The summed E-state index contributed by atoms with van der Waals surface area (Å²) in [5, 5.41) is 4.15. The number of hydrogen-bond acceptors (Lipinski definition) is 3. The average molecular weight is 322 g/mol. The predicted octanol–water partition coefficient (Wildman–Crippen LogP) is 3.65. The van der Waals surface area contributed by atoms with Gasteiger partial charge in [0.15, 0.2) is 10.5 Å². The third-order valence-corrected chi connectivity index (χ3v) is 3.58. The maximum Gasteiger partial charge on any atom is 0.195 e. The zero-order valence-electron chi connectivity index (χ0n) is 10.8. The Morgan fingerprint density at radius 2 is 2.11 bits per heavy atom. The van der Waals surface area contributed by atoms with Crippen LogP contribution in [0.25, 0.3) is 0 Å². The lowest BCUT2D eigenvalue weighted by Crippen LogP contribution is -2.21. The second-order valence-electron chi connectivity index (χ2n) is 4.36. The van der Waals surface area contributed by atoms with E-state index in [1.165, 1.54) is 6.33 Å². The number of carbonyl (C=O) groups excluding carboxylic acids is 1. The fraction of sp³-hybridized carbons (Fsp3) is 0.357. The van der Waals surface area contributed by atoms with Crippen LogP contribution < -0.4 is 0 Å². The van der Waals surface area contributed by atoms with Crippen LogP contribution in [0.2, 0.25) is 0 Å². The van der Waals surface area contributed by atoms with Crippen LogP contribution in [0.5, 0.6) is 0 Å². The lowest BCUT2D eigenvalue weighted by atomic mass is 10.00. The number of Topliss-reactive ketones (excluding diaryl/α,β-unsaturated/α-hetero) is 1. The van der Waals surface area contributed by atoms with Gasteiger partial charge < -0.3 is 0 Å².